The van der Waals surface area contributed by atoms with Gasteiger partial charge in [0.2, 0.25) is 0 Å². The standard InChI is InChI=1S/C15H11Br3O/c1-8-6-14(18)11(7-13(8)17)15(19)10-4-3-5-12(16)9(10)2/h3-7H,1-2H3. The maximum Gasteiger partial charge on any atom is 0.194 e. The van der Waals surface area contributed by atoms with E-state index in [1.807, 2.05) is 44.2 Å². The number of ketones is 1. The molecular weight excluding hydrogens is 436 g/mol. The lowest BCUT2D eigenvalue weighted by Gasteiger charge is -2.10. The highest BCUT2D eigenvalue weighted by atomic mass is 79.9. The van der Waals surface area contributed by atoms with Crippen LogP contribution in [0.4, 0.5) is 0 Å². The number of halogens is 3. The second-order valence-corrected chi connectivity index (χ2v) is 6.89. The summed E-state index contributed by atoms with van der Waals surface area (Å²) < 4.78 is 2.70. The molecule has 0 unspecified atom stereocenters. The number of benzene rings is 2. The number of carbonyl (C=O) groups is 1. The normalized spacial score (nSPS) is 10.6. The van der Waals surface area contributed by atoms with Gasteiger partial charge in [-0.3, -0.25) is 4.79 Å². The average molecular weight is 447 g/mol. The molecule has 0 amide bonds. The molecule has 1 nitrogen and oxygen atoms in total. The Hall–Kier alpha value is -0.450. The van der Waals surface area contributed by atoms with Gasteiger partial charge in [0.05, 0.1) is 0 Å². The molecule has 0 fully saturated rings. The van der Waals surface area contributed by atoms with E-state index in [0.717, 1.165) is 24.5 Å². The van der Waals surface area contributed by atoms with Gasteiger partial charge in [-0.2, -0.15) is 0 Å². The van der Waals surface area contributed by atoms with Crippen molar-refractivity contribution in [3.63, 3.8) is 0 Å². The predicted molar refractivity (Wildman–Crippen MR) is 88.9 cm³/mol. The highest BCUT2D eigenvalue weighted by molar-refractivity contribution is 9.11. The monoisotopic (exact) mass is 444 g/mol. The van der Waals surface area contributed by atoms with Gasteiger partial charge in [0, 0.05) is 24.5 Å². The molecule has 0 atom stereocenters. The fraction of sp³-hybridized carbons (Fsp3) is 0.133. The minimum atomic E-state index is 0.0198. The molecule has 0 aliphatic carbocycles. The fourth-order valence-electron chi connectivity index (χ4n) is 1.82. The fourth-order valence-corrected chi connectivity index (χ4v) is 3.17. The third-order valence-corrected chi connectivity index (χ3v) is 5.37. The van der Waals surface area contributed by atoms with E-state index in [1.54, 1.807) is 0 Å². The van der Waals surface area contributed by atoms with Crippen molar-refractivity contribution in [1.82, 2.24) is 0 Å². The van der Waals surface area contributed by atoms with Crippen molar-refractivity contribution in [1.29, 1.82) is 0 Å². The van der Waals surface area contributed by atoms with Crippen LogP contribution in [0.25, 0.3) is 0 Å². The van der Waals surface area contributed by atoms with Crippen LogP contribution in [0.3, 0.4) is 0 Å². The molecule has 0 N–H and O–H groups in total. The molecule has 2 aromatic carbocycles. The Labute approximate surface area is 137 Å². The van der Waals surface area contributed by atoms with Crippen molar-refractivity contribution in [3.8, 4) is 0 Å². The van der Waals surface area contributed by atoms with Gasteiger partial charge >= 0.3 is 0 Å². The Bertz CT molecular complexity index is 663. The zero-order valence-electron chi connectivity index (χ0n) is 10.4. The molecular formula is C15H11Br3O. The van der Waals surface area contributed by atoms with E-state index in [-0.39, 0.29) is 5.78 Å². The van der Waals surface area contributed by atoms with Crippen LogP contribution in [-0.2, 0) is 0 Å². The van der Waals surface area contributed by atoms with E-state index in [1.165, 1.54) is 0 Å². The van der Waals surface area contributed by atoms with Crippen molar-refractivity contribution in [3.05, 3.63) is 66.0 Å². The topological polar surface area (TPSA) is 17.1 Å². The van der Waals surface area contributed by atoms with Crippen LogP contribution < -0.4 is 0 Å². The van der Waals surface area contributed by atoms with E-state index < -0.39 is 0 Å². The lowest BCUT2D eigenvalue weighted by atomic mass is 9.98. The zero-order valence-corrected chi connectivity index (χ0v) is 15.2. The van der Waals surface area contributed by atoms with E-state index >= 15 is 0 Å². The Balaban J connectivity index is 2.56. The van der Waals surface area contributed by atoms with Crippen LogP contribution in [0, 0.1) is 13.8 Å². The van der Waals surface area contributed by atoms with Gasteiger partial charge < -0.3 is 0 Å². The van der Waals surface area contributed by atoms with Crippen molar-refractivity contribution < 1.29 is 4.79 Å². The van der Waals surface area contributed by atoms with Gasteiger partial charge in [-0.25, -0.2) is 0 Å². The molecule has 2 rings (SSSR count). The van der Waals surface area contributed by atoms with Crippen molar-refractivity contribution >= 4 is 53.6 Å². The first-order valence-corrected chi connectivity index (χ1v) is 8.05. The summed E-state index contributed by atoms with van der Waals surface area (Å²) in [7, 11) is 0. The number of carbonyl (C=O) groups excluding carboxylic acids is 1. The minimum Gasteiger partial charge on any atom is -0.289 e. The van der Waals surface area contributed by atoms with Gasteiger partial charge in [0.1, 0.15) is 0 Å². The van der Waals surface area contributed by atoms with E-state index in [9.17, 15) is 4.79 Å². The number of rotatable bonds is 2. The lowest BCUT2D eigenvalue weighted by Crippen LogP contribution is -2.05. The van der Waals surface area contributed by atoms with Crippen LogP contribution in [0.1, 0.15) is 27.0 Å². The molecule has 2 aromatic rings. The number of hydrogen-bond donors (Lipinski definition) is 0. The first kappa shape index (κ1) is 14.9. The third kappa shape index (κ3) is 3.01. The van der Waals surface area contributed by atoms with Gasteiger partial charge in [0.15, 0.2) is 5.78 Å². The summed E-state index contributed by atoms with van der Waals surface area (Å²) in [6.07, 6.45) is 0. The van der Waals surface area contributed by atoms with Crippen LogP contribution in [0.5, 0.6) is 0 Å². The Morgan fingerprint density at radius 2 is 1.58 bits per heavy atom. The first-order valence-electron chi connectivity index (χ1n) is 5.67. The zero-order chi connectivity index (χ0) is 14.2. The summed E-state index contributed by atoms with van der Waals surface area (Å²) in [5.74, 6) is 0.0198. The molecule has 0 spiro atoms. The van der Waals surface area contributed by atoms with Gasteiger partial charge in [-0.05, 0) is 43.2 Å². The summed E-state index contributed by atoms with van der Waals surface area (Å²) in [6, 6.07) is 9.48. The second kappa shape index (κ2) is 5.90. The smallest absolute Gasteiger partial charge is 0.194 e. The molecule has 0 saturated heterocycles. The predicted octanol–water partition coefficient (Wildman–Crippen LogP) is 5.82. The molecule has 4 heteroatoms. The van der Waals surface area contributed by atoms with E-state index in [2.05, 4.69) is 47.8 Å². The minimum absolute atomic E-state index is 0.0198. The maximum atomic E-state index is 12.6. The molecule has 0 heterocycles. The molecule has 0 aromatic heterocycles. The largest absolute Gasteiger partial charge is 0.289 e. The van der Waals surface area contributed by atoms with Crippen LogP contribution in [0.2, 0.25) is 0 Å². The molecule has 0 aliphatic rings. The third-order valence-electron chi connectivity index (χ3n) is 3.01. The molecule has 0 aliphatic heterocycles. The van der Waals surface area contributed by atoms with Crippen molar-refractivity contribution in [2.75, 3.05) is 0 Å². The Morgan fingerprint density at radius 1 is 0.895 bits per heavy atom. The number of hydrogen-bond acceptors (Lipinski definition) is 1. The van der Waals surface area contributed by atoms with Crippen LogP contribution in [0.15, 0.2) is 43.7 Å². The van der Waals surface area contributed by atoms with Gasteiger partial charge in [0.25, 0.3) is 0 Å². The molecule has 19 heavy (non-hydrogen) atoms. The van der Waals surface area contributed by atoms with E-state index in [0.29, 0.717) is 11.1 Å². The van der Waals surface area contributed by atoms with Crippen molar-refractivity contribution in [2.24, 2.45) is 0 Å². The SMILES string of the molecule is Cc1cc(Br)c(C(=O)c2cccc(Br)c2C)cc1Br. The summed E-state index contributed by atoms with van der Waals surface area (Å²) in [5, 5.41) is 0. The summed E-state index contributed by atoms with van der Waals surface area (Å²) in [4.78, 5) is 12.6. The highest BCUT2D eigenvalue weighted by Gasteiger charge is 2.17. The molecule has 0 radical (unpaired) electrons. The Morgan fingerprint density at radius 3 is 2.26 bits per heavy atom. The first-order chi connectivity index (χ1) is 8.91. The second-order valence-electron chi connectivity index (χ2n) is 4.32. The Kier molecular flexibility index (Phi) is 4.64. The summed E-state index contributed by atoms with van der Waals surface area (Å²) in [6.45, 7) is 3.93. The summed E-state index contributed by atoms with van der Waals surface area (Å²) in [5.41, 5.74) is 3.43. The van der Waals surface area contributed by atoms with Crippen molar-refractivity contribution in [2.45, 2.75) is 13.8 Å². The van der Waals surface area contributed by atoms with Crippen LogP contribution >= 0.6 is 47.8 Å². The van der Waals surface area contributed by atoms with Crippen LogP contribution in [-0.4, -0.2) is 5.78 Å². The quantitative estimate of drug-likeness (QED) is 0.531. The lowest BCUT2D eigenvalue weighted by molar-refractivity contribution is 0.103. The maximum absolute atomic E-state index is 12.6. The molecule has 0 saturated carbocycles. The molecule has 0 bridgehead atoms. The number of aryl methyl sites for hydroxylation is 1. The average Bonchev–Trinajstić information content (AvgIpc) is 2.36. The summed E-state index contributed by atoms with van der Waals surface area (Å²) >= 11 is 10.4. The van der Waals surface area contributed by atoms with Gasteiger partial charge in [-0.1, -0.05) is 59.9 Å². The molecule has 98 valence electrons. The van der Waals surface area contributed by atoms with Gasteiger partial charge in [-0.15, -0.1) is 0 Å². The highest BCUT2D eigenvalue weighted by Crippen LogP contribution is 2.29. The van der Waals surface area contributed by atoms with E-state index in [4.69, 9.17) is 0 Å².